The summed E-state index contributed by atoms with van der Waals surface area (Å²) in [6.07, 6.45) is 10.9. The number of hydrogen-bond acceptors (Lipinski definition) is 6. The zero-order valence-electron chi connectivity index (χ0n) is 26.5. The molecular formula is C32H58N5O3+. The average Bonchev–Trinajstić information content (AvgIpc) is 3.26. The number of carbonyl (C=O) groups is 1. The Labute approximate surface area is 243 Å². The van der Waals surface area contributed by atoms with E-state index in [-0.39, 0.29) is 23.0 Å². The highest BCUT2D eigenvalue weighted by Gasteiger charge is 2.59. The summed E-state index contributed by atoms with van der Waals surface area (Å²) in [7, 11) is 8.37. The minimum absolute atomic E-state index is 0.153. The third-order valence-electron chi connectivity index (χ3n) is 11.3. The van der Waals surface area contributed by atoms with E-state index in [1.165, 1.54) is 24.8 Å². The van der Waals surface area contributed by atoms with Gasteiger partial charge in [0.15, 0.2) is 0 Å². The molecule has 0 aliphatic heterocycles. The van der Waals surface area contributed by atoms with E-state index in [1.807, 2.05) is 7.05 Å². The van der Waals surface area contributed by atoms with Crippen molar-refractivity contribution in [3.8, 4) is 0 Å². The van der Waals surface area contributed by atoms with Crippen LogP contribution in [0.2, 0.25) is 0 Å². The van der Waals surface area contributed by atoms with Crippen molar-refractivity contribution in [3.05, 3.63) is 11.6 Å². The summed E-state index contributed by atoms with van der Waals surface area (Å²) < 4.78 is 0.791. The number of allylic oxidation sites excluding steroid dienone is 1. The first kappa shape index (κ1) is 31.5. The molecule has 8 nitrogen and oxygen atoms in total. The number of aliphatic hydroxyl groups is 1. The maximum atomic E-state index is 13.2. The van der Waals surface area contributed by atoms with E-state index in [0.717, 1.165) is 74.4 Å². The highest BCUT2D eigenvalue weighted by molar-refractivity contribution is 5.85. The number of likely N-dealkylation sites (N-methyl/N-ethyl adjacent to an activating group) is 2. The van der Waals surface area contributed by atoms with Crippen LogP contribution in [0.3, 0.4) is 0 Å². The van der Waals surface area contributed by atoms with Gasteiger partial charge in [-0.25, -0.2) is 4.79 Å². The van der Waals surface area contributed by atoms with Gasteiger partial charge in [0.05, 0.1) is 46.0 Å². The summed E-state index contributed by atoms with van der Waals surface area (Å²) in [4.78, 5) is 20.6. The molecule has 3 fully saturated rings. The summed E-state index contributed by atoms with van der Waals surface area (Å²) in [5, 5.41) is 21.3. The van der Waals surface area contributed by atoms with Crippen molar-refractivity contribution in [1.82, 2.24) is 15.5 Å². The molecule has 0 bridgehead atoms. The number of aliphatic hydroxyl groups excluding tert-OH is 1. The van der Waals surface area contributed by atoms with Crippen LogP contribution in [0.15, 0.2) is 16.8 Å². The van der Waals surface area contributed by atoms with Crippen LogP contribution in [0.4, 0.5) is 4.79 Å². The lowest BCUT2D eigenvalue weighted by molar-refractivity contribution is -0.869. The third kappa shape index (κ3) is 6.77. The summed E-state index contributed by atoms with van der Waals surface area (Å²) in [5.41, 5.74) is 2.98. The van der Waals surface area contributed by atoms with Gasteiger partial charge >= 0.3 is 6.09 Å². The second-order valence-electron chi connectivity index (χ2n) is 14.8. The molecule has 228 valence electrons. The monoisotopic (exact) mass is 560 g/mol. The molecule has 40 heavy (non-hydrogen) atoms. The molecule has 1 amide bonds. The Morgan fingerprint density at radius 3 is 2.60 bits per heavy atom. The molecule has 4 aliphatic carbocycles. The maximum absolute atomic E-state index is 13.2. The molecule has 0 saturated heterocycles. The van der Waals surface area contributed by atoms with E-state index in [4.69, 9.17) is 4.84 Å². The zero-order chi connectivity index (χ0) is 29.1. The molecule has 0 radical (unpaired) electrons. The third-order valence-corrected chi connectivity index (χ3v) is 11.3. The van der Waals surface area contributed by atoms with Gasteiger partial charge in [0.1, 0.15) is 0 Å². The standard InChI is InChI=1S/C32H58N5O3/c1-23(35-40-30(39)36(20-21-37(5,6)7)19-18-34-17-16-33-4)27-10-11-28-26-9-8-24-22-25(38)12-14-31(24,2)29(26)13-15-32(27,28)3/h8,25-29,33-34,38H,9-22H2,1-7H3/q+1/b35-23+/t25-,26-,27+,28-,29-,31-,32+/m0/s1. The highest BCUT2D eigenvalue weighted by Crippen LogP contribution is 2.66. The smallest absolute Gasteiger partial charge is 0.393 e. The predicted octanol–water partition coefficient (Wildman–Crippen LogP) is 4.26. The van der Waals surface area contributed by atoms with Gasteiger partial charge in [0.2, 0.25) is 0 Å². The molecule has 0 aromatic rings. The van der Waals surface area contributed by atoms with Crippen LogP contribution >= 0.6 is 0 Å². The van der Waals surface area contributed by atoms with E-state index in [2.05, 4.69) is 63.8 Å². The number of quaternary nitrogens is 1. The van der Waals surface area contributed by atoms with Crippen LogP contribution in [-0.4, -0.2) is 99.9 Å². The molecule has 3 saturated carbocycles. The molecule has 0 aromatic carbocycles. The first-order valence-electron chi connectivity index (χ1n) is 15.9. The lowest BCUT2D eigenvalue weighted by Crippen LogP contribution is -2.51. The van der Waals surface area contributed by atoms with Crippen LogP contribution < -0.4 is 10.6 Å². The summed E-state index contributed by atoms with van der Waals surface area (Å²) in [6, 6.07) is 0. The van der Waals surface area contributed by atoms with Crippen LogP contribution in [0.1, 0.15) is 72.1 Å². The fourth-order valence-corrected chi connectivity index (χ4v) is 8.83. The minimum atomic E-state index is -0.344. The van der Waals surface area contributed by atoms with Crippen molar-refractivity contribution >= 4 is 11.8 Å². The molecule has 4 aliphatic rings. The number of nitrogens with zero attached hydrogens (tertiary/aromatic N) is 3. The van der Waals surface area contributed by atoms with Gasteiger partial charge in [-0.1, -0.05) is 30.7 Å². The van der Waals surface area contributed by atoms with Crippen LogP contribution in [0, 0.1) is 34.5 Å². The Bertz CT molecular complexity index is 945. The van der Waals surface area contributed by atoms with E-state index < -0.39 is 0 Å². The lowest BCUT2D eigenvalue weighted by Gasteiger charge is -2.58. The van der Waals surface area contributed by atoms with Crippen LogP contribution in [0.25, 0.3) is 0 Å². The number of rotatable bonds is 11. The van der Waals surface area contributed by atoms with Gasteiger partial charge in [-0.2, -0.15) is 0 Å². The van der Waals surface area contributed by atoms with Crippen molar-refractivity contribution in [2.24, 2.45) is 39.7 Å². The second-order valence-corrected chi connectivity index (χ2v) is 14.8. The number of nitrogens with one attached hydrogen (secondary N) is 2. The number of fused-ring (bicyclic) bond motifs is 5. The molecule has 0 heterocycles. The number of oxime groups is 1. The van der Waals surface area contributed by atoms with E-state index in [0.29, 0.717) is 30.8 Å². The first-order valence-corrected chi connectivity index (χ1v) is 15.9. The summed E-state index contributed by atoms with van der Waals surface area (Å²) >= 11 is 0. The molecule has 0 unspecified atom stereocenters. The maximum Gasteiger partial charge on any atom is 0.436 e. The van der Waals surface area contributed by atoms with Gasteiger partial charge in [-0.05, 0) is 93.9 Å². The average molecular weight is 561 g/mol. The number of hydrogen-bond donors (Lipinski definition) is 3. The Hall–Kier alpha value is -1.48. The Balaban J connectivity index is 1.40. The minimum Gasteiger partial charge on any atom is -0.393 e. The zero-order valence-corrected chi connectivity index (χ0v) is 26.5. The fourth-order valence-electron chi connectivity index (χ4n) is 8.83. The Morgan fingerprint density at radius 2 is 1.88 bits per heavy atom. The van der Waals surface area contributed by atoms with Gasteiger partial charge in [0, 0.05) is 32.1 Å². The van der Waals surface area contributed by atoms with E-state index in [9.17, 15) is 9.90 Å². The molecule has 7 atom stereocenters. The number of amides is 1. The SMILES string of the molecule is CNCCNCCN(CC[N+](C)(C)C)C(=O)O/N=C(\C)[C@H]1CC[C@H]2[C@@H]3CC=C4C[C@@H](O)CC[C@]4(C)[C@H]3CC[C@]12C. The van der Waals surface area contributed by atoms with Crippen molar-refractivity contribution in [3.63, 3.8) is 0 Å². The van der Waals surface area contributed by atoms with Gasteiger partial charge in [0.25, 0.3) is 0 Å². The molecule has 3 N–H and O–H groups in total. The predicted molar refractivity (Wildman–Crippen MR) is 162 cm³/mol. The molecule has 8 heteroatoms. The Morgan fingerprint density at radius 1 is 1.10 bits per heavy atom. The van der Waals surface area contributed by atoms with E-state index >= 15 is 0 Å². The molecular weight excluding hydrogens is 502 g/mol. The Kier molecular flexibility index (Phi) is 10.1. The van der Waals surface area contributed by atoms with Gasteiger partial charge in [-0.15, -0.1) is 0 Å². The van der Waals surface area contributed by atoms with E-state index in [1.54, 1.807) is 4.90 Å². The number of carbonyl (C=O) groups excluding carboxylic acids is 1. The normalized spacial score (nSPS) is 35.9. The van der Waals surface area contributed by atoms with Gasteiger partial charge < -0.3 is 20.2 Å². The molecule has 0 aromatic heterocycles. The van der Waals surface area contributed by atoms with Crippen LogP contribution in [-0.2, 0) is 4.84 Å². The first-order chi connectivity index (χ1) is 18.9. The van der Waals surface area contributed by atoms with Gasteiger partial charge in [-0.3, -0.25) is 9.74 Å². The lowest BCUT2D eigenvalue weighted by atomic mass is 9.47. The topological polar surface area (TPSA) is 86.2 Å². The van der Waals surface area contributed by atoms with Crippen LogP contribution in [0.5, 0.6) is 0 Å². The van der Waals surface area contributed by atoms with Crippen molar-refractivity contribution in [1.29, 1.82) is 0 Å². The quantitative estimate of drug-likeness (QED) is 0.0878. The second kappa shape index (κ2) is 12.8. The largest absolute Gasteiger partial charge is 0.436 e. The van der Waals surface area contributed by atoms with Crippen molar-refractivity contribution in [2.45, 2.75) is 78.2 Å². The van der Waals surface area contributed by atoms with Crippen molar-refractivity contribution < 1.29 is 19.2 Å². The summed E-state index contributed by atoms with van der Waals surface area (Å²) in [6.45, 7) is 11.7. The summed E-state index contributed by atoms with van der Waals surface area (Å²) in [5.74, 6) is 2.48. The molecule has 4 rings (SSSR count). The highest BCUT2D eigenvalue weighted by atomic mass is 16.7. The van der Waals surface area contributed by atoms with Crippen molar-refractivity contribution in [2.75, 3.05) is 67.5 Å². The fraction of sp³-hybridized carbons (Fsp3) is 0.875. The molecule has 0 spiro atoms.